The van der Waals surface area contributed by atoms with Gasteiger partial charge in [-0.3, -0.25) is 0 Å². The van der Waals surface area contributed by atoms with E-state index in [-0.39, 0.29) is 0 Å². The fourth-order valence-electron chi connectivity index (χ4n) is 1.18. The van der Waals surface area contributed by atoms with Crippen LogP contribution in [0.25, 0.3) is 10.9 Å². The second-order valence-corrected chi connectivity index (χ2v) is 2.62. The van der Waals surface area contributed by atoms with Crippen LogP contribution in [0, 0.1) is 6.92 Å². The lowest BCUT2D eigenvalue weighted by Gasteiger charge is -1.96. The maximum atomic E-state index is 5.05. The standard InChI is InChI=1S/C9H9NO2/c1-6-8-4-3-7(11-2)5-9(8)10-12-6/h3-5H,1-2H3. The quantitative estimate of drug-likeness (QED) is 0.646. The number of methoxy groups -OCH3 is 1. The molecule has 3 heteroatoms. The van der Waals surface area contributed by atoms with Crippen LogP contribution in [0.5, 0.6) is 5.75 Å². The molecule has 0 fully saturated rings. The lowest BCUT2D eigenvalue weighted by atomic mass is 10.2. The summed E-state index contributed by atoms with van der Waals surface area (Å²) in [4.78, 5) is 0. The van der Waals surface area contributed by atoms with Crippen molar-refractivity contribution in [3.8, 4) is 5.75 Å². The van der Waals surface area contributed by atoms with Gasteiger partial charge < -0.3 is 9.26 Å². The lowest BCUT2D eigenvalue weighted by Crippen LogP contribution is -1.81. The van der Waals surface area contributed by atoms with Crippen LogP contribution in [0.2, 0.25) is 0 Å². The molecule has 3 nitrogen and oxygen atoms in total. The van der Waals surface area contributed by atoms with Gasteiger partial charge in [-0.2, -0.15) is 0 Å². The smallest absolute Gasteiger partial charge is 0.141 e. The van der Waals surface area contributed by atoms with E-state index in [4.69, 9.17) is 9.26 Å². The van der Waals surface area contributed by atoms with Crippen LogP contribution >= 0.6 is 0 Å². The summed E-state index contributed by atoms with van der Waals surface area (Å²) in [6.07, 6.45) is 0. The molecule has 0 radical (unpaired) electrons. The molecule has 0 N–H and O–H groups in total. The highest BCUT2D eigenvalue weighted by Gasteiger charge is 2.03. The minimum atomic E-state index is 0.802. The molecule has 0 atom stereocenters. The van der Waals surface area contributed by atoms with Gasteiger partial charge in [-0.05, 0) is 19.1 Å². The zero-order chi connectivity index (χ0) is 8.55. The number of rotatable bonds is 1. The van der Waals surface area contributed by atoms with Crippen molar-refractivity contribution < 1.29 is 9.26 Å². The molecule has 0 aliphatic heterocycles. The maximum absolute atomic E-state index is 5.05. The molecule has 0 aliphatic rings. The molecule has 0 unspecified atom stereocenters. The first-order valence-electron chi connectivity index (χ1n) is 3.71. The topological polar surface area (TPSA) is 35.3 Å². The largest absolute Gasteiger partial charge is 0.497 e. The van der Waals surface area contributed by atoms with Crippen LogP contribution in [-0.4, -0.2) is 12.3 Å². The molecular formula is C9H9NO2. The van der Waals surface area contributed by atoms with Crippen LogP contribution in [0.4, 0.5) is 0 Å². The molecule has 0 bridgehead atoms. The molecular weight excluding hydrogens is 154 g/mol. The number of fused-ring (bicyclic) bond motifs is 1. The first kappa shape index (κ1) is 7.16. The first-order valence-corrected chi connectivity index (χ1v) is 3.71. The maximum Gasteiger partial charge on any atom is 0.141 e. The Morgan fingerprint density at radius 1 is 1.42 bits per heavy atom. The fourth-order valence-corrected chi connectivity index (χ4v) is 1.18. The Bertz CT molecular complexity index is 406. The molecule has 0 amide bonds. The van der Waals surface area contributed by atoms with Gasteiger partial charge in [0.1, 0.15) is 17.0 Å². The minimum Gasteiger partial charge on any atom is -0.497 e. The van der Waals surface area contributed by atoms with E-state index in [0.29, 0.717) is 0 Å². The van der Waals surface area contributed by atoms with Crippen LogP contribution in [0.15, 0.2) is 22.7 Å². The Balaban J connectivity index is 2.69. The highest BCUT2D eigenvalue weighted by molar-refractivity contribution is 5.81. The third-order valence-electron chi connectivity index (χ3n) is 1.87. The van der Waals surface area contributed by atoms with Crippen molar-refractivity contribution in [1.82, 2.24) is 5.16 Å². The predicted molar refractivity (Wildman–Crippen MR) is 45.3 cm³/mol. The van der Waals surface area contributed by atoms with Gasteiger partial charge in [0.2, 0.25) is 0 Å². The van der Waals surface area contributed by atoms with Crippen LogP contribution in [0.3, 0.4) is 0 Å². The molecule has 0 aliphatic carbocycles. The molecule has 2 aromatic rings. The van der Waals surface area contributed by atoms with Crippen molar-refractivity contribution in [2.75, 3.05) is 7.11 Å². The predicted octanol–water partition coefficient (Wildman–Crippen LogP) is 2.14. The summed E-state index contributed by atoms with van der Waals surface area (Å²) in [7, 11) is 1.63. The third-order valence-corrected chi connectivity index (χ3v) is 1.87. The van der Waals surface area contributed by atoms with Gasteiger partial charge in [-0.1, -0.05) is 5.16 Å². The zero-order valence-electron chi connectivity index (χ0n) is 7.00. The summed E-state index contributed by atoms with van der Waals surface area (Å²) in [5.41, 5.74) is 0.840. The number of aryl methyl sites for hydroxylation is 1. The Kier molecular flexibility index (Phi) is 1.50. The number of hydrogen-bond acceptors (Lipinski definition) is 3. The van der Waals surface area contributed by atoms with E-state index in [1.165, 1.54) is 0 Å². The van der Waals surface area contributed by atoms with Crippen molar-refractivity contribution in [2.45, 2.75) is 6.92 Å². The fraction of sp³-hybridized carbons (Fsp3) is 0.222. The second-order valence-electron chi connectivity index (χ2n) is 2.62. The Hall–Kier alpha value is -1.51. The van der Waals surface area contributed by atoms with Gasteiger partial charge in [0.05, 0.1) is 7.11 Å². The molecule has 1 heterocycles. The average Bonchev–Trinajstić information content (AvgIpc) is 2.47. The van der Waals surface area contributed by atoms with Crippen molar-refractivity contribution in [3.63, 3.8) is 0 Å². The molecule has 1 aromatic carbocycles. The summed E-state index contributed by atoms with van der Waals surface area (Å²) in [6, 6.07) is 5.69. The van der Waals surface area contributed by atoms with Crippen LogP contribution < -0.4 is 4.74 Å². The SMILES string of the molecule is COc1ccc2c(C)onc2c1. The van der Waals surface area contributed by atoms with Gasteiger partial charge in [0, 0.05) is 11.5 Å². The van der Waals surface area contributed by atoms with Crippen LogP contribution in [0.1, 0.15) is 5.76 Å². The number of nitrogens with zero attached hydrogens (tertiary/aromatic N) is 1. The summed E-state index contributed by atoms with van der Waals surface area (Å²) in [5.74, 6) is 1.64. The Labute approximate surface area is 69.9 Å². The van der Waals surface area contributed by atoms with Crippen molar-refractivity contribution in [3.05, 3.63) is 24.0 Å². The van der Waals surface area contributed by atoms with Crippen molar-refractivity contribution in [2.24, 2.45) is 0 Å². The first-order chi connectivity index (χ1) is 5.81. The zero-order valence-corrected chi connectivity index (χ0v) is 7.00. The number of ether oxygens (including phenoxy) is 1. The van der Waals surface area contributed by atoms with Gasteiger partial charge in [-0.25, -0.2) is 0 Å². The van der Waals surface area contributed by atoms with E-state index in [1.807, 2.05) is 25.1 Å². The van der Waals surface area contributed by atoms with E-state index >= 15 is 0 Å². The molecule has 0 spiro atoms. The van der Waals surface area contributed by atoms with E-state index in [2.05, 4.69) is 5.16 Å². The van der Waals surface area contributed by atoms with Crippen molar-refractivity contribution >= 4 is 10.9 Å². The average molecular weight is 163 g/mol. The number of aromatic nitrogens is 1. The van der Waals surface area contributed by atoms with Gasteiger partial charge >= 0.3 is 0 Å². The summed E-state index contributed by atoms with van der Waals surface area (Å²) in [6.45, 7) is 1.89. The van der Waals surface area contributed by atoms with Gasteiger partial charge in [0.25, 0.3) is 0 Å². The third kappa shape index (κ3) is 0.942. The molecule has 62 valence electrons. The highest BCUT2D eigenvalue weighted by atomic mass is 16.5. The van der Waals surface area contributed by atoms with Gasteiger partial charge in [-0.15, -0.1) is 0 Å². The highest BCUT2D eigenvalue weighted by Crippen LogP contribution is 2.21. The lowest BCUT2D eigenvalue weighted by molar-refractivity contribution is 0.403. The number of hydrogen-bond donors (Lipinski definition) is 0. The Morgan fingerprint density at radius 3 is 3.00 bits per heavy atom. The number of benzene rings is 1. The Morgan fingerprint density at radius 2 is 2.25 bits per heavy atom. The second kappa shape index (κ2) is 2.52. The normalized spacial score (nSPS) is 10.5. The van der Waals surface area contributed by atoms with E-state index < -0.39 is 0 Å². The van der Waals surface area contributed by atoms with Gasteiger partial charge in [0.15, 0.2) is 0 Å². The molecule has 1 aromatic heterocycles. The molecule has 12 heavy (non-hydrogen) atoms. The summed E-state index contributed by atoms with van der Waals surface area (Å²) in [5, 5.41) is 4.91. The minimum absolute atomic E-state index is 0.802. The molecule has 2 rings (SSSR count). The molecule has 0 saturated carbocycles. The molecule has 0 saturated heterocycles. The van der Waals surface area contributed by atoms with E-state index in [0.717, 1.165) is 22.4 Å². The van der Waals surface area contributed by atoms with Crippen molar-refractivity contribution in [1.29, 1.82) is 0 Å². The monoisotopic (exact) mass is 163 g/mol. The summed E-state index contributed by atoms with van der Waals surface area (Å²) >= 11 is 0. The summed E-state index contributed by atoms with van der Waals surface area (Å²) < 4.78 is 10.1. The van der Waals surface area contributed by atoms with E-state index in [1.54, 1.807) is 7.11 Å². The van der Waals surface area contributed by atoms with E-state index in [9.17, 15) is 0 Å². The van der Waals surface area contributed by atoms with Crippen LogP contribution in [-0.2, 0) is 0 Å².